The van der Waals surface area contributed by atoms with E-state index in [2.05, 4.69) is 9.88 Å². The third-order valence-corrected chi connectivity index (χ3v) is 4.02. The predicted molar refractivity (Wildman–Crippen MR) is 81.2 cm³/mol. The van der Waals surface area contributed by atoms with Gasteiger partial charge in [-0.25, -0.2) is 4.39 Å². The first-order valence-corrected chi connectivity index (χ1v) is 7.20. The minimum absolute atomic E-state index is 0.110. The summed E-state index contributed by atoms with van der Waals surface area (Å²) in [5.74, 6) is 0.128. The molecule has 0 atom stereocenters. The Hall–Kier alpha value is -2.10. The molecule has 0 spiro atoms. The maximum absolute atomic E-state index is 13.3. The molecule has 4 heteroatoms. The van der Waals surface area contributed by atoms with Crippen LogP contribution >= 0.6 is 0 Å². The van der Waals surface area contributed by atoms with Gasteiger partial charge >= 0.3 is 0 Å². The first-order chi connectivity index (χ1) is 9.97. The molecule has 0 saturated heterocycles. The van der Waals surface area contributed by atoms with Crippen molar-refractivity contribution in [1.82, 2.24) is 4.57 Å². The van der Waals surface area contributed by atoms with Crippen molar-refractivity contribution in [2.45, 2.75) is 32.6 Å². The number of nitrogens with zero attached hydrogens (tertiary/aromatic N) is 1. The summed E-state index contributed by atoms with van der Waals surface area (Å²) >= 11 is 0. The third-order valence-electron chi connectivity index (χ3n) is 4.02. The molecule has 1 amide bonds. The summed E-state index contributed by atoms with van der Waals surface area (Å²) in [6, 6.07) is 4.63. The number of anilines is 1. The molecule has 1 aromatic heterocycles. The zero-order valence-electron chi connectivity index (χ0n) is 12.5. The minimum atomic E-state index is -0.262. The molecule has 0 unspecified atom stereocenters. The van der Waals surface area contributed by atoms with Gasteiger partial charge in [-0.1, -0.05) is 0 Å². The Morgan fingerprint density at radius 1 is 1.29 bits per heavy atom. The first-order valence-electron chi connectivity index (χ1n) is 7.20. The van der Waals surface area contributed by atoms with Crippen molar-refractivity contribution in [3.05, 3.63) is 52.6 Å². The molecule has 21 heavy (non-hydrogen) atoms. The topological polar surface area (TPSA) is 34.0 Å². The first kappa shape index (κ1) is 13.9. The molecule has 1 fully saturated rings. The number of amides is 1. The van der Waals surface area contributed by atoms with E-state index >= 15 is 0 Å². The summed E-state index contributed by atoms with van der Waals surface area (Å²) in [6.07, 6.45) is 4.29. The highest BCUT2D eigenvalue weighted by atomic mass is 19.1. The smallest absolute Gasteiger partial charge is 0.257 e. The number of aryl methyl sites for hydroxylation is 3. The van der Waals surface area contributed by atoms with Gasteiger partial charge in [0.1, 0.15) is 5.82 Å². The van der Waals surface area contributed by atoms with Crippen LogP contribution in [0.1, 0.15) is 45.9 Å². The second-order valence-electron chi connectivity index (χ2n) is 5.88. The van der Waals surface area contributed by atoms with Gasteiger partial charge in [-0.15, -0.1) is 0 Å². The quantitative estimate of drug-likeness (QED) is 0.912. The highest BCUT2D eigenvalue weighted by molar-refractivity contribution is 6.06. The fourth-order valence-electron chi connectivity index (χ4n) is 2.86. The van der Waals surface area contributed by atoms with Gasteiger partial charge in [-0.3, -0.25) is 4.79 Å². The monoisotopic (exact) mass is 286 g/mol. The summed E-state index contributed by atoms with van der Waals surface area (Å²) in [5.41, 5.74) is 4.02. The second-order valence-corrected chi connectivity index (χ2v) is 5.88. The molecule has 0 aliphatic heterocycles. The van der Waals surface area contributed by atoms with Gasteiger partial charge in [-0.05, 0) is 56.0 Å². The van der Waals surface area contributed by atoms with Gasteiger partial charge in [0.15, 0.2) is 0 Å². The molecule has 3 rings (SSSR count). The van der Waals surface area contributed by atoms with E-state index in [4.69, 9.17) is 0 Å². The van der Waals surface area contributed by atoms with Gasteiger partial charge in [0.25, 0.3) is 5.91 Å². The lowest BCUT2D eigenvalue weighted by molar-refractivity contribution is 0.102. The lowest BCUT2D eigenvalue weighted by atomic mass is 10.1. The van der Waals surface area contributed by atoms with Crippen LogP contribution in [0.3, 0.4) is 0 Å². The van der Waals surface area contributed by atoms with Crippen molar-refractivity contribution < 1.29 is 9.18 Å². The predicted octanol–water partition coefficient (Wildman–Crippen LogP) is 3.91. The van der Waals surface area contributed by atoms with Crippen molar-refractivity contribution in [1.29, 1.82) is 0 Å². The Morgan fingerprint density at radius 3 is 2.62 bits per heavy atom. The average molecular weight is 286 g/mol. The molecule has 1 heterocycles. The van der Waals surface area contributed by atoms with Gasteiger partial charge in [-0.2, -0.15) is 0 Å². The number of carbonyl (C=O) groups is 1. The van der Waals surface area contributed by atoms with Gasteiger partial charge in [0, 0.05) is 30.5 Å². The second kappa shape index (κ2) is 5.02. The zero-order valence-corrected chi connectivity index (χ0v) is 12.5. The molecule has 1 saturated carbocycles. The highest BCUT2D eigenvalue weighted by Gasteiger charge is 2.32. The van der Waals surface area contributed by atoms with E-state index in [1.807, 2.05) is 20.2 Å². The molecule has 110 valence electrons. The van der Waals surface area contributed by atoms with Crippen molar-refractivity contribution >= 4 is 11.6 Å². The van der Waals surface area contributed by atoms with Crippen LogP contribution in [0.25, 0.3) is 0 Å². The fourth-order valence-corrected chi connectivity index (χ4v) is 2.86. The summed E-state index contributed by atoms with van der Waals surface area (Å²) in [4.78, 5) is 12.6. The van der Waals surface area contributed by atoms with E-state index in [1.54, 1.807) is 19.1 Å². The van der Waals surface area contributed by atoms with E-state index < -0.39 is 0 Å². The van der Waals surface area contributed by atoms with Gasteiger partial charge in [0.2, 0.25) is 0 Å². The highest BCUT2D eigenvalue weighted by Crippen LogP contribution is 2.42. The molecule has 0 bridgehead atoms. The zero-order chi connectivity index (χ0) is 15.1. The Labute approximate surface area is 123 Å². The molecule has 1 aliphatic rings. The maximum atomic E-state index is 13.3. The van der Waals surface area contributed by atoms with Crippen LogP contribution < -0.4 is 5.32 Å². The number of aromatic nitrogens is 1. The van der Waals surface area contributed by atoms with E-state index in [9.17, 15) is 9.18 Å². The lowest BCUT2D eigenvalue weighted by Crippen LogP contribution is -2.15. The molecule has 1 aromatic carbocycles. The van der Waals surface area contributed by atoms with Crippen molar-refractivity contribution in [2.75, 3.05) is 5.32 Å². The Balaban J connectivity index is 1.90. The number of benzene rings is 1. The standard InChI is InChI=1S/C17H19FN2O/c1-10-8-13(6-7-14(10)18)19-17(21)15-11(2)9-20(3)16(15)12-4-5-12/h6-9,12H,4-5H2,1-3H3,(H,19,21). The number of hydrogen-bond acceptors (Lipinski definition) is 1. The summed E-state index contributed by atoms with van der Waals surface area (Å²) in [7, 11) is 1.99. The molecule has 1 N–H and O–H groups in total. The molecule has 2 aromatic rings. The largest absolute Gasteiger partial charge is 0.353 e. The third kappa shape index (κ3) is 2.58. The number of nitrogens with one attached hydrogen (secondary N) is 1. The van der Waals surface area contributed by atoms with Crippen LogP contribution in [-0.4, -0.2) is 10.5 Å². The lowest BCUT2D eigenvalue weighted by Gasteiger charge is -2.09. The van der Waals surface area contributed by atoms with E-state index in [0.717, 1.165) is 29.7 Å². The fraction of sp³-hybridized carbons (Fsp3) is 0.353. The molecule has 1 aliphatic carbocycles. The van der Waals surface area contributed by atoms with Crippen LogP contribution in [0.2, 0.25) is 0 Å². The van der Waals surface area contributed by atoms with Crippen LogP contribution in [0.4, 0.5) is 10.1 Å². The van der Waals surface area contributed by atoms with E-state index in [0.29, 0.717) is 17.2 Å². The van der Waals surface area contributed by atoms with Gasteiger partial charge in [0.05, 0.1) is 5.56 Å². The van der Waals surface area contributed by atoms with E-state index in [1.165, 1.54) is 6.07 Å². The summed E-state index contributed by atoms with van der Waals surface area (Å²) in [5, 5.41) is 2.88. The molecule has 0 radical (unpaired) electrons. The van der Waals surface area contributed by atoms with Crippen molar-refractivity contribution in [2.24, 2.45) is 7.05 Å². The SMILES string of the molecule is Cc1cc(NC(=O)c2c(C)cn(C)c2C2CC2)ccc1F. The van der Waals surface area contributed by atoms with E-state index in [-0.39, 0.29) is 11.7 Å². The molecular weight excluding hydrogens is 267 g/mol. The Kier molecular flexibility index (Phi) is 3.32. The molecule has 3 nitrogen and oxygen atoms in total. The number of rotatable bonds is 3. The van der Waals surface area contributed by atoms with Crippen LogP contribution in [-0.2, 0) is 7.05 Å². The summed E-state index contributed by atoms with van der Waals surface area (Å²) in [6.45, 7) is 3.64. The molecular formula is C17H19FN2O. The minimum Gasteiger partial charge on any atom is -0.353 e. The normalized spacial score (nSPS) is 14.3. The Bertz CT molecular complexity index is 714. The number of carbonyl (C=O) groups excluding carboxylic acids is 1. The number of hydrogen-bond donors (Lipinski definition) is 1. The van der Waals surface area contributed by atoms with Crippen molar-refractivity contribution in [3.63, 3.8) is 0 Å². The average Bonchev–Trinajstić information content (AvgIpc) is 3.19. The van der Waals surface area contributed by atoms with Crippen LogP contribution in [0, 0.1) is 19.7 Å². The van der Waals surface area contributed by atoms with Crippen LogP contribution in [0.5, 0.6) is 0 Å². The van der Waals surface area contributed by atoms with Crippen molar-refractivity contribution in [3.8, 4) is 0 Å². The number of halogens is 1. The summed E-state index contributed by atoms with van der Waals surface area (Å²) < 4.78 is 15.3. The van der Waals surface area contributed by atoms with Gasteiger partial charge < -0.3 is 9.88 Å². The maximum Gasteiger partial charge on any atom is 0.257 e. The Morgan fingerprint density at radius 2 is 2.00 bits per heavy atom. The van der Waals surface area contributed by atoms with Crippen LogP contribution in [0.15, 0.2) is 24.4 Å².